The highest BCUT2D eigenvalue weighted by molar-refractivity contribution is 5.78. The summed E-state index contributed by atoms with van der Waals surface area (Å²) in [6, 6.07) is 12.0. The van der Waals surface area contributed by atoms with Gasteiger partial charge >= 0.3 is 0 Å². The number of hydrogen-bond donors (Lipinski definition) is 1. The first kappa shape index (κ1) is 16.7. The largest absolute Gasteiger partial charge is 0.496 e. The average Bonchev–Trinajstić information content (AvgIpc) is 2.77. The molecule has 1 unspecified atom stereocenters. The number of hydrogen-bond acceptors (Lipinski definition) is 3. The van der Waals surface area contributed by atoms with E-state index >= 15 is 0 Å². The average molecular weight is 323 g/mol. The van der Waals surface area contributed by atoms with Crippen LogP contribution in [0.2, 0.25) is 0 Å². The molecule has 3 heteroatoms. The van der Waals surface area contributed by atoms with Gasteiger partial charge in [0.25, 0.3) is 0 Å². The van der Waals surface area contributed by atoms with Gasteiger partial charge in [-0.2, -0.15) is 0 Å². The number of aliphatic hydroxyl groups is 1. The van der Waals surface area contributed by atoms with Crippen LogP contribution < -0.4 is 4.74 Å². The van der Waals surface area contributed by atoms with Gasteiger partial charge < -0.3 is 9.84 Å². The van der Waals surface area contributed by atoms with E-state index in [1.54, 1.807) is 7.11 Å². The highest BCUT2D eigenvalue weighted by atomic mass is 16.5. The van der Waals surface area contributed by atoms with E-state index in [0.717, 1.165) is 53.2 Å². The maximum atomic E-state index is 10.9. The van der Waals surface area contributed by atoms with E-state index in [0.29, 0.717) is 0 Å². The fourth-order valence-electron chi connectivity index (χ4n) is 3.38. The fraction of sp³-hybridized carbons (Fsp3) is 0.333. The molecule has 2 aromatic rings. The monoisotopic (exact) mass is 323 g/mol. The van der Waals surface area contributed by atoms with Crippen LogP contribution in [0, 0.1) is 0 Å². The first-order chi connectivity index (χ1) is 11.7. The molecule has 1 aliphatic rings. The normalized spacial score (nSPS) is 15.8. The standard InChI is InChI=1S/C21H25NO2/c1-4-22(5-2)14-19-17-11-10-15-8-6-7-9-16(15)21(23)18(17)12-13-20(19)24-3/h6-13,21,23H,4-5,14H2,1-3H3. The molecule has 0 fully saturated rings. The van der Waals surface area contributed by atoms with Crippen molar-refractivity contribution in [3.63, 3.8) is 0 Å². The predicted molar refractivity (Wildman–Crippen MR) is 99.1 cm³/mol. The molecule has 126 valence electrons. The SMILES string of the molecule is CCN(CC)Cc1c(OC)ccc2c1C=Cc1ccccc1C2O. The van der Waals surface area contributed by atoms with E-state index in [-0.39, 0.29) is 0 Å². The molecular formula is C21H25NO2. The van der Waals surface area contributed by atoms with E-state index in [9.17, 15) is 5.11 Å². The van der Waals surface area contributed by atoms with Gasteiger partial charge in [-0.3, -0.25) is 4.90 Å². The Kier molecular flexibility index (Phi) is 5.03. The molecule has 1 N–H and O–H groups in total. The van der Waals surface area contributed by atoms with Crippen molar-refractivity contribution in [1.29, 1.82) is 0 Å². The first-order valence-corrected chi connectivity index (χ1v) is 8.56. The maximum absolute atomic E-state index is 10.9. The molecule has 0 radical (unpaired) electrons. The summed E-state index contributed by atoms with van der Waals surface area (Å²) in [7, 11) is 1.71. The van der Waals surface area contributed by atoms with Crippen molar-refractivity contribution in [1.82, 2.24) is 4.90 Å². The molecule has 24 heavy (non-hydrogen) atoms. The van der Waals surface area contributed by atoms with E-state index in [1.165, 1.54) is 0 Å². The van der Waals surface area contributed by atoms with Gasteiger partial charge in [-0.25, -0.2) is 0 Å². The quantitative estimate of drug-likeness (QED) is 0.899. The number of nitrogens with zero attached hydrogens (tertiary/aromatic N) is 1. The van der Waals surface area contributed by atoms with Gasteiger partial charge in [0.1, 0.15) is 11.9 Å². The molecule has 0 aromatic heterocycles. The summed E-state index contributed by atoms with van der Waals surface area (Å²) in [5, 5.41) is 10.9. The Hall–Kier alpha value is -2.10. The molecule has 0 aliphatic heterocycles. The number of rotatable bonds is 5. The molecule has 0 heterocycles. The molecule has 1 atom stereocenters. The summed E-state index contributed by atoms with van der Waals surface area (Å²) in [6.07, 6.45) is 3.59. The molecule has 3 rings (SSSR count). The van der Waals surface area contributed by atoms with Crippen molar-refractivity contribution >= 4 is 12.2 Å². The maximum Gasteiger partial charge on any atom is 0.123 e. The Morgan fingerprint density at radius 3 is 2.46 bits per heavy atom. The molecule has 0 spiro atoms. The van der Waals surface area contributed by atoms with Gasteiger partial charge in [0, 0.05) is 12.1 Å². The van der Waals surface area contributed by atoms with Gasteiger partial charge in [-0.05, 0) is 41.4 Å². The summed E-state index contributed by atoms with van der Waals surface area (Å²) >= 11 is 0. The zero-order valence-electron chi connectivity index (χ0n) is 14.6. The fourth-order valence-corrected chi connectivity index (χ4v) is 3.38. The van der Waals surface area contributed by atoms with Gasteiger partial charge in [0.15, 0.2) is 0 Å². The first-order valence-electron chi connectivity index (χ1n) is 8.56. The summed E-state index contributed by atoms with van der Waals surface area (Å²) < 4.78 is 5.61. The van der Waals surface area contributed by atoms with Crippen molar-refractivity contribution < 1.29 is 9.84 Å². The van der Waals surface area contributed by atoms with Crippen LogP contribution in [-0.4, -0.2) is 30.2 Å². The minimum absolute atomic E-state index is 0.618. The van der Waals surface area contributed by atoms with Gasteiger partial charge in [0.2, 0.25) is 0 Å². The van der Waals surface area contributed by atoms with E-state index in [1.807, 2.05) is 36.4 Å². The Bertz CT molecular complexity index is 747. The van der Waals surface area contributed by atoms with E-state index < -0.39 is 6.10 Å². The van der Waals surface area contributed by atoms with Crippen LogP contribution >= 0.6 is 0 Å². The number of aliphatic hydroxyl groups excluding tert-OH is 1. The van der Waals surface area contributed by atoms with Crippen LogP contribution in [0.5, 0.6) is 5.75 Å². The second-order valence-corrected chi connectivity index (χ2v) is 6.08. The number of methoxy groups -OCH3 is 1. The lowest BCUT2D eigenvalue weighted by atomic mass is 9.93. The molecule has 0 saturated carbocycles. The molecule has 1 aliphatic carbocycles. The molecule has 2 aromatic carbocycles. The smallest absolute Gasteiger partial charge is 0.123 e. The third-order valence-corrected chi connectivity index (χ3v) is 4.86. The van der Waals surface area contributed by atoms with Crippen molar-refractivity contribution in [2.75, 3.05) is 20.2 Å². The van der Waals surface area contributed by atoms with Crippen molar-refractivity contribution in [3.05, 3.63) is 64.2 Å². The lowest BCUT2D eigenvalue weighted by molar-refractivity contribution is 0.219. The third-order valence-electron chi connectivity index (χ3n) is 4.86. The predicted octanol–water partition coefficient (Wildman–Crippen LogP) is 4.10. The topological polar surface area (TPSA) is 32.7 Å². The van der Waals surface area contributed by atoms with Gasteiger partial charge in [-0.15, -0.1) is 0 Å². The summed E-state index contributed by atoms with van der Waals surface area (Å²) in [6.45, 7) is 7.11. The Balaban J connectivity index is 2.15. The highest BCUT2D eigenvalue weighted by Crippen LogP contribution is 2.37. The molecule has 0 bridgehead atoms. The summed E-state index contributed by atoms with van der Waals surface area (Å²) in [5.41, 5.74) is 5.17. The second kappa shape index (κ2) is 7.20. The zero-order valence-corrected chi connectivity index (χ0v) is 14.6. The Morgan fingerprint density at radius 1 is 1.00 bits per heavy atom. The Morgan fingerprint density at radius 2 is 1.75 bits per heavy atom. The lowest BCUT2D eigenvalue weighted by Gasteiger charge is -2.23. The minimum Gasteiger partial charge on any atom is -0.496 e. The van der Waals surface area contributed by atoms with Crippen LogP contribution in [0.3, 0.4) is 0 Å². The number of fused-ring (bicyclic) bond motifs is 2. The highest BCUT2D eigenvalue weighted by Gasteiger charge is 2.23. The minimum atomic E-state index is -0.618. The van der Waals surface area contributed by atoms with Crippen LogP contribution in [0.4, 0.5) is 0 Å². The number of ether oxygens (including phenoxy) is 1. The molecule has 3 nitrogen and oxygen atoms in total. The second-order valence-electron chi connectivity index (χ2n) is 6.08. The molecule has 0 amide bonds. The lowest BCUT2D eigenvalue weighted by Crippen LogP contribution is -2.23. The van der Waals surface area contributed by atoms with Crippen LogP contribution in [-0.2, 0) is 6.54 Å². The zero-order chi connectivity index (χ0) is 17.1. The van der Waals surface area contributed by atoms with Crippen molar-refractivity contribution in [2.24, 2.45) is 0 Å². The van der Waals surface area contributed by atoms with Crippen LogP contribution in [0.25, 0.3) is 12.2 Å². The Labute approximate surface area is 144 Å². The van der Waals surface area contributed by atoms with E-state index in [4.69, 9.17) is 4.74 Å². The third kappa shape index (κ3) is 2.97. The summed E-state index contributed by atoms with van der Waals surface area (Å²) in [5.74, 6) is 0.878. The van der Waals surface area contributed by atoms with Gasteiger partial charge in [-0.1, -0.05) is 56.3 Å². The molecular weight excluding hydrogens is 298 g/mol. The van der Waals surface area contributed by atoms with E-state index in [2.05, 4.69) is 30.9 Å². The molecule has 0 saturated heterocycles. The van der Waals surface area contributed by atoms with Gasteiger partial charge in [0.05, 0.1) is 7.11 Å². The van der Waals surface area contributed by atoms with Crippen LogP contribution in [0.1, 0.15) is 47.8 Å². The van der Waals surface area contributed by atoms with Crippen molar-refractivity contribution in [2.45, 2.75) is 26.5 Å². The van der Waals surface area contributed by atoms with Crippen LogP contribution in [0.15, 0.2) is 36.4 Å². The number of benzene rings is 2. The summed E-state index contributed by atoms with van der Waals surface area (Å²) in [4.78, 5) is 2.36. The van der Waals surface area contributed by atoms with Crippen molar-refractivity contribution in [3.8, 4) is 5.75 Å².